The van der Waals surface area contributed by atoms with Crippen molar-refractivity contribution in [2.75, 3.05) is 0 Å². The molecule has 1 aromatic heterocycles. The van der Waals surface area contributed by atoms with E-state index < -0.39 is 5.97 Å². The highest BCUT2D eigenvalue weighted by Crippen LogP contribution is 2.29. The lowest BCUT2D eigenvalue weighted by atomic mass is 10.2. The monoisotopic (exact) mass is 284 g/mol. The van der Waals surface area contributed by atoms with Crippen molar-refractivity contribution in [3.63, 3.8) is 0 Å². The Labute approximate surface area is 114 Å². The van der Waals surface area contributed by atoms with Crippen molar-refractivity contribution in [3.8, 4) is 5.69 Å². The van der Waals surface area contributed by atoms with E-state index in [2.05, 4.69) is 5.10 Å². The molecule has 0 bridgehead atoms. The van der Waals surface area contributed by atoms with Crippen LogP contribution in [0.2, 0.25) is 10.0 Å². The Morgan fingerprint density at radius 1 is 1.44 bits per heavy atom. The summed E-state index contributed by atoms with van der Waals surface area (Å²) >= 11 is 12.0. The van der Waals surface area contributed by atoms with Gasteiger partial charge < -0.3 is 5.11 Å². The van der Waals surface area contributed by atoms with E-state index >= 15 is 0 Å². The molecule has 0 saturated heterocycles. The topological polar surface area (TPSA) is 55.1 Å². The highest BCUT2D eigenvalue weighted by Gasteiger charge is 2.14. The van der Waals surface area contributed by atoms with Crippen LogP contribution in [-0.4, -0.2) is 20.9 Å². The molecule has 94 valence electrons. The number of aromatic nitrogens is 2. The number of carbonyl (C=O) groups is 1. The van der Waals surface area contributed by atoms with E-state index in [1.54, 1.807) is 29.8 Å². The SMILES string of the molecule is Cc1c(CC(=O)O)cnn1-c1cccc(Cl)c1Cl. The molecule has 0 amide bonds. The van der Waals surface area contributed by atoms with Crippen LogP contribution in [0.5, 0.6) is 0 Å². The van der Waals surface area contributed by atoms with Gasteiger partial charge in [-0.1, -0.05) is 29.3 Å². The van der Waals surface area contributed by atoms with Crippen molar-refractivity contribution >= 4 is 29.2 Å². The second-order valence-corrected chi connectivity index (χ2v) is 4.60. The van der Waals surface area contributed by atoms with Crippen LogP contribution in [0.4, 0.5) is 0 Å². The summed E-state index contributed by atoms with van der Waals surface area (Å²) in [6.45, 7) is 1.79. The number of nitrogens with zero attached hydrogens (tertiary/aromatic N) is 2. The normalized spacial score (nSPS) is 10.6. The van der Waals surface area contributed by atoms with E-state index in [4.69, 9.17) is 28.3 Å². The number of halogens is 2. The fraction of sp³-hybridized carbons (Fsp3) is 0.167. The van der Waals surface area contributed by atoms with Gasteiger partial charge in [0.15, 0.2) is 0 Å². The maximum absolute atomic E-state index is 10.7. The molecule has 1 N–H and O–H groups in total. The molecular weight excluding hydrogens is 275 g/mol. The number of hydrogen-bond acceptors (Lipinski definition) is 2. The highest BCUT2D eigenvalue weighted by molar-refractivity contribution is 6.43. The fourth-order valence-corrected chi connectivity index (χ4v) is 2.05. The molecule has 0 saturated carbocycles. The summed E-state index contributed by atoms with van der Waals surface area (Å²) in [4.78, 5) is 10.7. The Balaban J connectivity index is 2.49. The van der Waals surface area contributed by atoms with Gasteiger partial charge in [0, 0.05) is 11.3 Å². The van der Waals surface area contributed by atoms with E-state index in [9.17, 15) is 4.79 Å². The molecule has 0 aliphatic carbocycles. The van der Waals surface area contributed by atoms with Crippen LogP contribution < -0.4 is 0 Å². The molecule has 2 rings (SSSR count). The molecule has 1 heterocycles. The third-order valence-electron chi connectivity index (χ3n) is 2.61. The molecule has 18 heavy (non-hydrogen) atoms. The summed E-state index contributed by atoms with van der Waals surface area (Å²) in [6.07, 6.45) is 1.46. The van der Waals surface area contributed by atoms with Gasteiger partial charge in [-0.05, 0) is 19.1 Å². The summed E-state index contributed by atoms with van der Waals surface area (Å²) in [5.41, 5.74) is 2.03. The molecule has 0 radical (unpaired) electrons. The first-order valence-electron chi connectivity index (χ1n) is 5.20. The molecule has 4 nitrogen and oxygen atoms in total. The van der Waals surface area contributed by atoms with Gasteiger partial charge in [0.2, 0.25) is 0 Å². The zero-order chi connectivity index (χ0) is 13.3. The first-order valence-corrected chi connectivity index (χ1v) is 5.96. The lowest BCUT2D eigenvalue weighted by Crippen LogP contribution is -2.03. The zero-order valence-corrected chi connectivity index (χ0v) is 11.0. The number of carboxylic acids is 1. The van der Waals surface area contributed by atoms with Gasteiger partial charge in [-0.2, -0.15) is 5.10 Å². The van der Waals surface area contributed by atoms with Gasteiger partial charge in [0.25, 0.3) is 0 Å². The first-order chi connectivity index (χ1) is 8.50. The van der Waals surface area contributed by atoms with Gasteiger partial charge in [0.05, 0.1) is 28.4 Å². The maximum Gasteiger partial charge on any atom is 0.307 e. The minimum absolute atomic E-state index is 0.0655. The smallest absolute Gasteiger partial charge is 0.307 e. The van der Waals surface area contributed by atoms with E-state index in [-0.39, 0.29) is 6.42 Å². The van der Waals surface area contributed by atoms with Crippen LogP contribution in [0.15, 0.2) is 24.4 Å². The van der Waals surface area contributed by atoms with Gasteiger partial charge in [-0.3, -0.25) is 4.79 Å². The van der Waals surface area contributed by atoms with Crippen molar-refractivity contribution in [2.45, 2.75) is 13.3 Å². The van der Waals surface area contributed by atoms with E-state index in [1.807, 2.05) is 0 Å². The van der Waals surface area contributed by atoms with E-state index in [0.29, 0.717) is 21.3 Å². The third-order valence-corrected chi connectivity index (χ3v) is 3.42. The predicted molar refractivity (Wildman–Crippen MR) is 69.7 cm³/mol. The molecular formula is C12H10Cl2N2O2. The summed E-state index contributed by atoms with van der Waals surface area (Å²) in [5, 5.41) is 13.8. The zero-order valence-electron chi connectivity index (χ0n) is 9.52. The van der Waals surface area contributed by atoms with Crippen LogP contribution in [0, 0.1) is 6.92 Å². The van der Waals surface area contributed by atoms with Crippen LogP contribution >= 0.6 is 23.2 Å². The van der Waals surface area contributed by atoms with Crippen LogP contribution in [0.3, 0.4) is 0 Å². The van der Waals surface area contributed by atoms with Gasteiger partial charge in [-0.25, -0.2) is 4.68 Å². The molecule has 0 aliphatic rings. The van der Waals surface area contributed by atoms with Crippen LogP contribution in [0.25, 0.3) is 5.69 Å². The van der Waals surface area contributed by atoms with E-state index in [1.165, 1.54) is 6.20 Å². The third kappa shape index (κ3) is 2.35. The van der Waals surface area contributed by atoms with Crippen molar-refractivity contribution in [1.29, 1.82) is 0 Å². The Bertz CT molecular complexity index is 608. The minimum atomic E-state index is -0.894. The molecule has 0 atom stereocenters. The second-order valence-electron chi connectivity index (χ2n) is 3.81. The summed E-state index contributed by atoms with van der Waals surface area (Å²) < 4.78 is 1.59. The highest BCUT2D eigenvalue weighted by atomic mass is 35.5. The Morgan fingerprint density at radius 3 is 2.83 bits per heavy atom. The Morgan fingerprint density at radius 2 is 2.17 bits per heavy atom. The number of carboxylic acid groups (broad SMARTS) is 1. The minimum Gasteiger partial charge on any atom is -0.481 e. The molecule has 0 unspecified atom stereocenters. The lowest BCUT2D eigenvalue weighted by Gasteiger charge is -2.08. The van der Waals surface area contributed by atoms with Crippen molar-refractivity contribution in [1.82, 2.24) is 9.78 Å². The van der Waals surface area contributed by atoms with Crippen LogP contribution in [-0.2, 0) is 11.2 Å². The summed E-state index contributed by atoms with van der Waals surface area (Å²) in [5.74, 6) is -0.894. The molecule has 0 fully saturated rings. The van der Waals surface area contributed by atoms with Crippen molar-refractivity contribution < 1.29 is 9.90 Å². The average Bonchev–Trinajstić information content (AvgIpc) is 2.64. The van der Waals surface area contributed by atoms with E-state index in [0.717, 1.165) is 5.69 Å². The van der Waals surface area contributed by atoms with Gasteiger partial charge in [-0.15, -0.1) is 0 Å². The molecule has 0 aliphatic heterocycles. The van der Waals surface area contributed by atoms with Crippen molar-refractivity contribution in [3.05, 3.63) is 45.7 Å². The molecule has 1 aromatic carbocycles. The fourth-order valence-electron chi connectivity index (χ4n) is 1.68. The number of benzene rings is 1. The van der Waals surface area contributed by atoms with Crippen LogP contribution in [0.1, 0.15) is 11.3 Å². The first kappa shape index (κ1) is 12.9. The number of hydrogen-bond donors (Lipinski definition) is 1. The molecule has 6 heteroatoms. The maximum atomic E-state index is 10.7. The van der Waals surface area contributed by atoms with Crippen molar-refractivity contribution in [2.24, 2.45) is 0 Å². The average molecular weight is 285 g/mol. The standard InChI is InChI=1S/C12H10Cl2N2O2/c1-7-8(5-11(17)18)6-15-16(7)10-4-2-3-9(13)12(10)14/h2-4,6H,5H2,1H3,(H,17,18). The number of aliphatic carboxylic acids is 1. The largest absolute Gasteiger partial charge is 0.481 e. The summed E-state index contributed by atoms with van der Waals surface area (Å²) in [7, 11) is 0. The van der Waals surface area contributed by atoms with Gasteiger partial charge >= 0.3 is 5.97 Å². The quantitative estimate of drug-likeness (QED) is 0.942. The summed E-state index contributed by atoms with van der Waals surface area (Å²) in [6, 6.07) is 5.23. The second kappa shape index (κ2) is 5.00. The molecule has 2 aromatic rings. The Hall–Kier alpha value is -1.52. The molecule has 0 spiro atoms. The lowest BCUT2D eigenvalue weighted by molar-refractivity contribution is -0.136. The number of rotatable bonds is 3. The Kier molecular flexibility index (Phi) is 3.59. The van der Waals surface area contributed by atoms with Gasteiger partial charge in [0.1, 0.15) is 0 Å². The predicted octanol–water partition coefficient (Wildman–Crippen LogP) is 3.11.